The van der Waals surface area contributed by atoms with Gasteiger partial charge in [-0.25, -0.2) is 0 Å². The highest BCUT2D eigenvalue weighted by atomic mass is 35.5. The van der Waals surface area contributed by atoms with E-state index < -0.39 is 6.04 Å². The molecule has 1 N–H and O–H groups in total. The number of piperazine rings is 1. The zero-order valence-corrected chi connectivity index (χ0v) is 18.1. The number of rotatable bonds is 5. The van der Waals surface area contributed by atoms with E-state index in [4.69, 9.17) is 23.2 Å². The van der Waals surface area contributed by atoms with Crippen LogP contribution in [0.2, 0.25) is 10.0 Å². The number of carbonyl (C=O) groups excluding carboxylic acids is 2. The molecule has 1 aliphatic rings. The van der Waals surface area contributed by atoms with Crippen LogP contribution in [-0.4, -0.2) is 47.8 Å². The van der Waals surface area contributed by atoms with Crippen molar-refractivity contribution in [3.63, 3.8) is 0 Å². The third kappa shape index (κ3) is 5.50. The van der Waals surface area contributed by atoms with Gasteiger partial charge in [-0.05, 0) is 23.8 Å². The van der Waals surface area contributed by atoms with Crippen LogP contribution in [0.4, 0.5) is 5.69 Å². The largest absolute Gasteiger partial charge is 0.340 e. The SMILES string of the molecule is CC(C)C(=O)N1CCN(C(C(=O)Nc2cc(Cl)cc(Cl)c2)c2ccccc2)CC1. The van der Waals surface area contributed by atoms with Gasteiger partial charge in [-0.1, -0.05) is 67.4 Å². The monoisotopic (exact) mass is 433 g/mol. The Bertz CT molecular complexity index is 845. The number of anilines is 1. The molecule has 1 fully saturated rings. The zero-order chi connectivity index (χ0) is 21.0. The summed E-state index contributed by atoms with van der Waals surface area (Å²) in [5, 5.41) is 3.87. The molecule has 0 saturated carbocycles. The van der Waals surface area contributed by atoms with Crippen LogP contribution in [-0.2, 0) is 9.59 Å². The summed E-state index contributed by atoms with van der Waals surface area (Å²) in [6.07, 6.45) is 0. The lowest BCUT2D eigenvalue weighted by Crippen LogP contribution is -2.52. The summed E-state index contributed by atoms with van der Waals surface area (Å²) in [6.45, 7) is 6.28. The number of amides is 2. The first kappa shape index (κ1) is 21.6. The molecule has 0 radical (unpaired) electrons. The Morgan fingerprint density at radius 3 is 2.07 bits per heavy atom. The Hall–Kier alpha value is -2.08. The lowest BCUT2D eigenvalue weighted by atomic mass is 10.0. The van der Waals surface area contributed by atoms with Gasteiger partial charge in [0.15, 0.2) is 0 Å². The van der Waals surface area contributed by atoms with Crippen molar-refractivity contribution in [2.75, 3.05) is 31.5 Å². The van der Waals surface area contributed by atoms with E-state index in [-0.39, 0.29) is 17.7 Å². The number of carbonyl (C=O) groups is 2. The highest BCUT2D eigenvalue weighted by Gasteiger charge is 2.32. The summed E-state index contributed by atoms with van der Waals surface area (Å²) in [7, 11) is 0. The molecule has 5 nitrogen and oxygen atoms in total. The lowest BCUT2D eigenvalue weighted by Gasteiger charge is -2.39. The number of halogens is 2. The standard InChI is InChI=1S/C22H25Cl2N3O2/c1-15(2)22(29)27-10-8-26(9-11-27)20(16-6-4-3-5-7-16)21(28)25-19-13-17(23)12-18(24)14-19/h3-7,12-15,20H,8-11H2,1-2H3,(H,25,28). The smallest absolute Gasteiger partial charge is 0.246 e. The molecule has 29 heavy (non-hydrogen) atoms. The first-order valence-corrected chi connectivity index (χ1v) is 10.5. The van der Waals surface area contributed by atoms with Crippen LogP contribution in [0.25, 0.3) is 0 Å². The average molecular weight is 434 g/mol. The summed E-state index contributed by atoms with van der Waals surface area (Å²) in [5.41, 5.74) is 1.46. The van der Waals surface area contributed by atoms with E-state index >= 15 is 0 Å². The van der Waals surface area contributed by atoms with Gasteiger partial charge >= 0.3 is 0 Å². The number of hydrogen-bond acceptors (Lipinski definition) is 3. The van der Waals surface area contributed by atoms with Crippen molar-refractivity contribution >= 4 is 40.7 Å². The first-order valence-electron chi connectivity index (χ1n) is 9.70. The highest BCUT2D eigenvalue weighted by molar-refractivity contribution is 6.35. The molecule has 0 spiro atoms. The molecule has 1 saturated heterocycles. The molecule has 2 aromatic rings. The van der Waals surface area contributed by atoms with Crippen LogP contribution in [0.1, 0.15) is 25.5 Å². The Balaban J connectivity index is 1.79. The summed E-state index contributed by atoms with van der Waals surface area (Å²) in [4.78, 5) is 29.5. The van der Waals surface area contributed by atoms with E-state index in [0.29, 0.717) is 41.9 Å². The normalized spacial score (nSPS) is 16.0. The van der Waals surface area contributed by atoms with E-state index in [1.807, 2.05) is 49.1 Å². The van der Waals surface area contributed by atoms with Crippen LogP contribution in [0.5, 0.6) is 0 Å². The minimum atomic E-state index is -0.467. The van der Waals surface area contributed by atoms with Gasteiger partial charge in [0.2, 0.25) is 11.8 Å². The van der Waals surface area contributed by atoms with Crippen LogP contribution < -0.4 is 5.32 Å². The second-order valence-corrected chi connectivity index (χ2v) is 8.35. The second-order valence-electron chi connectivity index (χ2n) is 7.48. The van der Waals surface area contributed by atoms with Crippen molar-refractivity contribution < 1.29 is 9.59 Å². The van der Waals surface area contributed by atoms with Gasteiger partial charge in [0.05, 0.1) is 0 Å². The van der Waals surface area contributed by atoms with Gasteiger partial charge in [0.1, 0.15) is 6.04 Å². The molecule has 3 rings (SSSR count). The van der Waals surface area contributed by atoms with Crippen LogP contribution in [0.15, 0.2) is 48.5 Å². The molecule has 1 unspecified atom stereocenters. The molecule has 1 atom stereocenters. The molecule has 0 bridgehead atoms. The van der Waals surface area contributed by atoms with Crippen molar-refractivity contribution in [1.29, 1.82) is 0 Å². The molecule has 1 heterocycles. The molecular formula is C22H25Cl2N3O2. The second kappa shape index (κ2) is 9.61. The van der Waals surface area contributed by atoms with Crippen LogP contribution >= 0.6 is 23.2 Å². The molecule has 2 amide bonds. The molecule has 0 aliphatic carbocycles. The fraction of sp³-hybridized carbons (Fsp3) is 0.364. The predicted octanol–water partition coefficient (Wildman–Crippen LogP) is 4.47. The van der Waals surface area contributed by atoms with E-state index in [2.05, 4.69) is 10.2 Å². The van der Waals surface area contributed by atoms with Crippen molar-refractivity contribution in [3.8, 4) is 0 Å². The van der Waals surface area contributed by atoms with Gasteiger partial charge in [0.25, 0.3) is 0 Å². The minimum Gasteiger partial charge on any atom is -0.340 e. The van der Waals surface area contributed by atoms with Crippen molar-refractivity contribution in [3.05, 3.63) is 64.1 Å². The Kier molecular flexibility index (Phi) is 7.17. The van der Waals surface area contributed by atoms with Crippen molar-refractivity contribution in [1.82, 2.24) is 9.80 Å². The average Bonchev–Trinajstić information content (AvgIpc) is 2.68. The van der Waals surface area contributed by atoms with Gasteiger partial charge in [-0.2, -0.15) is 0 Å². The third-order valence-corrected chi connectivity index (χ3v) is 5.42. The number of hydrogen-bond donors (Lipinski definition) is 1. The Morgan fingerprint density at radius 2 is 1.52 bits per heavy atom. The fourth-order valence-corrected chi connectivity index (χ4v) is 4.09. The molecular weight excluding hydrogens is 409 g/mol. The van der Waals surface area contributed by atoms with Gasteiger partial charge in [-0.3, -0.25) is 14.5 Å². The lowest BCUT2D eigenvalue weighted by molar-refractivity contribution is -0.137. The maximum Gasteiger partial charge on any atom is 0.246 e. The first-order chi connectivity index (χ1) is 13.8. The quantitative estimate of drug-likeness (QED) is 0.756. The maximum absolute atomic E-state index is 13.2. The minimum absolute atomic E-state index is 0.0256. The van der Waals surface area contributed by atoms with Crippen molar-refractivity contribution in [2.24, 2.45) is 5.92 Å². The summed E-state index contributed by atoms with van der Waals surface area (Å²) < 4.78 is 0. The topological polar surface area (TPSA) is 52.7 Å². The number of nitrogens with zero attached hydrogens (tertiary/aromatic N) is 2. The summed E-state index contributed by atoms with van der Waals surface area (Å²) >= 11 is 12.1. The molecule has 154 valence electrons. The van der Waals surface area contributed by atoms with E-state index in [0.717, 1.165) is 5.56 Å². The highest BCUT2D eigenvalue weighted by Crippen LogP contribution is 2.27. The number of nitrogens with one attached hydrogen (secondary N) is 1. The third-order valence-electron chi connectivity index (χ3n) is 4.98. The van der Waals surface area contributed by atoms with Gasteiger partial charge < -0.3 is 10.2 Å². The molecule has 0 aromatic heterocycles. The molecule has 1 aliphatic heterocycles. The van der Waals surface area contributed by atoms with Gasteiger partial charge in [0, 0.05) is 47.8 Å². The molecule has 7 heteroatoms. The van der Waals surface area contributed by atoms with E-state index in [1.165, 1.54) is 0 Å². The van der Waals surface area contributed by atoms with Crippen LogP contribution in [0.3, 0.4) is 0 Å². The maximum atomic E-state index is 13.2. The van der Waals surface area contributed by atoms with Gasteiger partial charge in [-0.15, -0.1) is 0 Å². The molecule has 2 aromatic carbocycles. The Labute approximate surface area is 181 Å². The summed E-state index contributed by atoms with van der Waals surface area (Å²) in [6, 6.07) is 14.2. The zero-order valence-electron chi connectivity index (χ0n) is 16.6. The number of benzene rings is 2. The van der Waals surface area contributed by atoms with E-state index in [9.17, 15) is 9.59 Å². The predicted molar refractivity (Wildman–Crippen MR) is 117 cm³/mol. The van der Waals surface area contributed by atoms with E-state index in [1.54, 1.807) is 18.2 Å². The van der Waals surface area contributed by atoms with Crippen LogP contribution in [0, 0.1) is 5.92 Å². The van der Waals surface area contributed by atoms with Crippen molar-refractivity contribution in [2.45, 2.75) is 19.9 Å². The fourth-order valence-electron chi connectivity index (χ4n) is 3.57. The Morgan fingerprint density at radius 1 is 0.931 bits per heavy atom. The summed E-state index contributed by atoms with van der Waals surface area (Å²) in [5.74, 6) is -0.0283.